The SMILES string of the molecule is CCCNCCc1ccc(S(=O)(=O)NCC(C)OC)cc1. The molecule has 0 fully saturated rings. The molecular formula is C15H26N2O3S. The summed E-state index contributed by atoms with van der Waals surface area (Å²) < 4.78 is 31.7. The van der Waals surface area contributed by atoms with Crippen LogP contribution in [0.25, 0.3) is 0 Å². The van der Waals surface area contributed by atoms with E-state index < -0.39 is 10.0 Å². The molecule has 0 aliphatic carbocycles. The number of nitrogens with one attached hydrogen (secondary N) is 2. The van der Waals surface area contributed by atoms with Crippen molar-refractivity contribution in [3.05, 3.63) is 29.8 Å². The third-order valence-electron chi connectivity index (χ3n) is 3.21. The van der Waals surface area contributed by atoms with Gasteiger partial charge in [0, 0.05) is 13.7 Å². The number of ether oxygens (including phenoxy) is 1. The zero-order valence-corrected chi connectivity index (χ0v) is 13.9. The minimum absolute atomic E-state index is 0.149. The van der Waals surface area contributed by atoms with E-state index >= 15 is 0 Å². The molecule has 2 N–H and O–H groups in total. The van der Waals surface area contributed by atoms with Crippen LogP contribution in [0.3, 0.4) is 0 Å². The number of benzene rings is 1. The summed E-state index contributed by atoms with van der Waals surface area (Å²) in [6.07, 6.45) is 1.86. The van der Waals surface area contributed by atoms with Gasteiger partial charge in [-0.25, -0.2) is 13.1 Å². The second-order valence-corrected chi connectivity index (χ2v) is 6.81. The summed E-state index contributed by atoms with van der Waals surface area (Å²) in [5.74, 6) is 0. The summed E-state index contributed by atoms with van der Waals surface area (Å²) in [5.41, 5.74) is 1.13. The molecule has 1 atom stereocenters. The standard InChI is InChI=1S/C15H26N2O3S/c1-4-10-16-11-9-14-5-7-15(8-6-14)21(18,19)17-12-13(2)20-3/h5-8,13,16-17H,4,9-12H2,1-3H3. The van der Waals surface area contributed by atoms with Gasteiger partial charge in [0.05, 0.1) is 11.0 Å². The van der Waals surface area contributed by atoms with Gasteiger partial charge in [-0.15, -0.1) is 0 Å². The van der Waals surface area contributed by atoms with E-state index in [0.717, 1.165) is 31.5 Å². The van der Waals surface area contributed by atoms with Crippen molar-refractivity contribution >= 4 is 10.0 Å². The van der Waals surface area contributed by atoms with E-state index in [0.29, 0.717) is 0 Å². The lowest BCUT2D eigenvalue weighted by Gasteiger charge is -2.11. The van der Waals surface area contributed by atoms with Gasteiger partial charge in [0.25, 0.3) is 0 Å². The van der Waals surface area contributed by atoms with Crippen LogP contribution in [0.15, 0.2) is 29.2 Å². The molecule has 0 aromatic heterocycles. The van der Waals surface area contributed by atoms with Crippen molar-refractivity contribution in [2.24, 2.45) is 0 Å². The number of rotatable bonds is 10. The van der Waals surface area contributed by atoms with Crippen molar-refractivity contribution in [1.82, 2.24) is 10.0 Å². The van der Waals surface area contributed by atoms with Crippen molar-refractivity contribution < 1.29 is 13.2 Å². The molecule has 0 amide bonds. The number of hydrogen-bond acceptors (Lipinski definition) is 4. The summed E-state index contributed by atoms with van der Waals surface area (Å²) in [7, 11) is -1.90. The Bertz CT molecular complexity index is 500. The summed E-state index contributed by atoms with van der Waals surface area (Å²) in [5, 5.41) is 3.32. The first-order valence-electron chi connectivity index (χ1n) is 7.31. The molecule has 6 heteroatoms. The topological polar surface area (TPSA) is 67.4 Å². The van der Waals surface area contributed by atoms with Crippen molar-refractivity contribution in [3.63, 3.8) is 0 Å². The van der Waals surface area contributed by atoms with E-state index in [2.05, 4.69) is 17.0 Å². The van der Waals surface area contributed by atoms with Crippen molar-refractivity contribution in [1.29, 1.82) is 0 Å². The second-order valence-electron chi connectivity index (χ2n) is 5.04. The summed E-state index contributed by atoms with van der Waals surface area (Å²) in [6, 6.07) is 7.02. The Labute approximate surface area is 128 Å². The molecule has 0 saturated heterocycles. The van der Waals surface area contributed by atoms with Crippen LogP contribution in [0.1, 0.15) is 25.8 Å². The summed E-state index contributed by atoms with van der Waals surface area (Å²) in [6.45, 7) is 6.12. The van der Waals surface area contributed by atoms with Gasteiger partial charge in [0.15, 0.2) is 0 Å². The maximum atomic E-state index is 12.1. The fourth-order valence-corrected chi connectivity index (χ4v) is 2.88. The molecule has 0 heterocycles. The molecule has 21 heavy (non-hydrogen) atoms. The van der Waals surface area contributed by atoms with Crippen molar-refractivity contribution in [2.45, 2.75) is 37.7 Å². The Morgan fingerprint density at radius 1 is 1.19 bits per heavy atom. The predicted octanol–water partition coefficient (Wildman–Crippen LogP) is 1.54. The molecule has 1 unspecified atom stereocenters. The van der Waals surface area contributed by atoms with E-state index in [1.54, 1.807) is 19.2 Å². The van der Waals surface area contributed by atoms with Crippen LogP contribution < -0.4 is 10.0 Å². The van der Waals surface area contributed by atoms with Gasteiger partial charge >= 0.3 is 0 Å². The third-order valence-corrected chi connectivity index (χ3v) is 4.65. The largest absolute Gasteiger partial charge is 0.380 e. The van der Waals surface area contributed by atoms with Gasteiger partial charge in [-0.05, 0) is 50.6 Å². The first-order valence-corrected chi connectivity index (χ1v) is 8.80. The maximum Gasteiger partial charge on any atom is 0.240 e. The Morgan fingerprint density at radius 2 is 1.86 bits per heavy atom. The predicted molar refractivity (Wildman–Crippen MR) is 85.0 cm³/mol. The normalized spacial score (nSPS) is 13.3. The molecule has 0 bridgehead atoms. The van der Waals surface area contributed by atoms with Gasteiger partial charge < -0.3 is 10.1 Å². The van der Waals surface area contributed by atoms with Gasteiger partial charge in [-0.2, -0.15) is 0 Å². The molecule has 120 valence electrons. The molecule has 0 aliphatic rings. The smallest absolute Gasteiger partial charge is 0.240 e. The first kappa shape index (κ1) is 18.1. The molecule has 0 aliphatic heterocycles. The lowest BCUT2D eigenvalue weighted by atomic mass is 10.1. The summed E-state index contributed by atoms with van der Waals surface area (Å²) >= 11 is 0. The van der Waals surface area contributed by atoms with Crippen LogP contribution in [-0.2, 0) is 21.2 Å². The average Bonchev–Trinajstić information content (AvgIpc) is 2.50. The lowest BCUT2D eigenvalue weighted by molar-refractivity contribution is 0.122. The molecule has 1 rings (SSSR count). The zero-order valence-electron chi connectivity index (χ0n) is 13.1. The van der Waals surface area contributed by atoms with E-state index in [-0.39, 0.29) is 17.5 Å². The van der Waals surface area contributed by atoms with Crippen LogP contribution in [0.4, 0.5) is 0 Å². The van der Waals surface area contributed by atoms with Crippen LogP contribution in [0.5, 0.6) is 0 Å². The minimum atomic E-state index is -3.46. The van der Waals surface area contributed by atoms with Crippen LogP contribution in [-0.4, -0.2) is 41.3 Å². The minimum Gasteiger partial charge on any atom is -0.380 e. The number of sulfonamides is 1. The molecular weight excluding hydrogens is 288 g/mol. The summed E-state index contributed by atoms with van der Waals surface area (Å²) in [4.78, 5) is 0.288. The highest BCUT2D eigenvalue weighted by Gasteiger charge is 2.14. The average molecular weight is 314 g/mol. The van der Waals surface area contributed by atoms with E-state index in [4.69, 9.17) is 4.74 Å². The third kappa shape index (κ3) is 6.56. The monoisotopic (exact) mass is 314 g/mol. The zero-order chi connectivity index (χ0) is 15.7. The Kier molecular flexibility index (Phi) is 7.88. The fraction of sp³-hybridized carbons (Fsp3) is 0.600. The number of hydrogen-bond donors (Lipinski definition) is 2. The first-order chi connectivity index (χ1) is 9.99. The highest BCUT2D eigenvalue weighted by Crippen LogP contribution is 2.11. The molecule has 1 aromatic carbocycles. The quantitative estimate of drug-likeness (QED) is 0.643. The van der Waals surface area contributed by atoms with Crippen LogP contribution >= 0.6 is 0 Å². The van der Waals surface area contributed by atoms with Gasteiger partial charge in [-0.3, -0.25) is 0 Å². The Hall–Kier alpha value is -0.950. The van der Waals surface area contributed by atoms with E-state index in [1.807, 2.05) is 19.1 Å². The van der Waals surface area contributed by atoms with E-state index in [1.165, 1.54) is 0 Å². The molecule has 0 spiro atoms. The number of methoxy groups -OCH3 is 1. The Morgan fingerprint density at radius 3 is 2.43 bits per heavy atom. The Balaban J connectivity index is 2.56. The molecule has 0 radical (unpaired) electrons. The van der Waals surface area contributed by atoms with Gasteiger partial charge in [0.2, 0.25) is 10.0 Å². The van der Waals surface area contributed by atoms with Crippen LogP contribution in [0.2, 0.25) is 0 Å². The van der Waals surface area contributed by atoms with Crippen LogP contribution in [0, 0.1) is 0 Å². The second kappa shape index (κ2) is 9.15. The fourth-order valence-electron chi connectivity index (χ4n) is 1.76. The maximum absolute atomic E-state index is 12.1. The lowest BCUT2D eigenvalue weighted by Crippen LogP contribution is -2.31. The highest BCUT2D eigenvalue weighted by molar-refractivity contribution is 7.89. The molecule has 0 saturated carbocycles. The molecule has 5 nitrogen and oxygen atoms in total. The van der Waals surface area contributed by atoms with Gasteiger partial charge in [-0.1, -0.05) is 19.1 Å². The highest BCUT2D eigenvalue weighted by atomic mass is 32.2. The molecule has 1 aromatic rings. The van der Waals surface area contributed by atoms with E-state index in [9.17, 15) is 8.42 Å². The van der Waals surface area contributed by atoms with Gasteiger partial charge in [0.1, 0.15) is 0 Å². The van der Waals surface area contributed by atoms with Crippen molar-refractivity contribution in [3.8, 4) is 0 Å². The van der Waals surface area contributed by atoms with Crippen molar-refractivity contribution in [2.75, 3.05) is 26.7 Å².